The maximum atomic E-state index is 14.1. The van der Waals surface area contributed by atoms with E-state index in [-0.39, 0.29) is 18.0 Å². The number of hydrogen-bond acceptors (Lipinski definition) is 3. The molecule has 3 unspecified atom stereocenters. The van der Waals surface area contributed by atoms with E-state index in [2.05, 4.69) is 24.1 Å². The molecule has 1 fully saturated rings. The Morgan fingerprint density at radius 1 is 1.43 bits per heavy atom. The number of nitrogens with zero attached hydrogens (tertiary/aromatic N) is 1. The Bertz CT molecular complexity index is 441. The number of β-amino-alcohol motifs (C(OH)–C–C–N with tert-alkyl or cyclic N) is 1. The maximum absolute atomic E-state index is 14.1. The van der Waals surface area contributed by atoms with Gasteiger partial charge in [0.1, 0.15) is 5.82 Å². The van der Waals surface area contributed by atoms with Crippen LogP contribution in [0.25, 0.3) is 0 Å². The number of benzene rings is 1. The van der Waals surface area contributed by atoms with Gasteiger partial charge in [0.15, 0.2) is 0 Å². The minimum Gasteiger partial charge on any atom is -0.392 e. The van der Waals surface area contributed by atoms with Crippen molar-refractivity contribution in [3.8, 4) is 0 Å². The van der Waals surface area contributed by atoms with Gasteiger partial charge in [-0.25, -0.2) is 4.39 Å². The van der Waals surface area contributed by atoms with E-state index in [9.17, 15) is 9.50 Å². The van der Waals surface area contributed by atoms with E-state index in [1.807, 2.05) is 12.1 Å². The first-order valence-electron chi connectivity index (χ1n) is 8.00. The summed E-state index contributed by atoms with van der Waals surface area (Å²) >= 11 is 0. The summed E-state index contributed by atoms with van der Waals surface area (Å²) in [4.78, 5) is 2.27. The topological polar surface area (TPSA) is 35.5 Å². The van der Waals surface area contributed by atoms with Crippen molar-refractivity contribution in [3.05, 3.63) is 35.6 Å². The lowest BCUT2D eigenvalue weighted by Gasteiger charge is -2.29. The smallest absolute Gasteiger partial charge is 0.127 e. The van der Waals surface area contributed by atoms with Crippen LogP contribution in [-0.2, 0) is 0 Å². The molecule has 3 atom stereocenters. The molecule has 0 spiro atoms. The van der Waals surface area contributed by atoms with E-state index >= 15 is 0 Å². The van der Waals surface area contributed by atoms with Crippen LogP contribution >= 0.6 is 0 Å². The maximum Gasteiger partial charge on any atom is 0.127 e. The average Bonchev–Trinajstić information content (AvgIpc) is 2.86. The minimum atomic E-state index is -0.201. The van der Waals surface area contributed by atoms with Gasteiger partial charge in [-0.2, -0.15) is 0 Å². The summed E-state index contributed by atoms with van der Waals surface area (Å²) in [7, 11) is 0. The Morgan fingerprint density at radius 2 is 2.19 bits per heavy atom. The summed E-state index contributed by atoms with van der Waals surface area (Å²) < 4.78 is 14.1. The fraction of sp³-hybridized carbons (Fsp3) is 0.647. The van der Waals surface area contributed by atoms with Crippen molar-refractivity contribution in [2.45, 2.75) is 38.8 Å². The predicted octanol–water partition coefficient (Wildman–Crippen LogP) is 2.57. The summed E-state index contributed by atoms with van der Waals surface area (Å²) in [5, 5.41) is 13.1. The zero-order valence-electron chi connectivity index (χ0n) is 13.1. The van der Waals surface area contributed by atoms with Gasteiger partial charge >= 0.3 is 0 Å². The molecule has 0 radical (unpaired) electrons. The predicted molar refractivity (Wildman–Crippen MR) is 83.7 cm³/mol. The van der Waals surface area contributed by atoms with Crippen molar-refractivity contribution in [1.29, 1.82) is 0 Å². The Labute approximate surface area is 127 Å². The number of likely N-dealkylation sites (tertiary alicyclic amines) is 1. The Kier molecular flexibility index (Phi) is 6.15. The van der Waals surface area contributed by atoms with E-state index in [1.165, 1.54) is 6.07 Å². The summed E-state index contributed by atoms with van der Waals surface area (Å²) in [6.07, 6.45) is 1.67. The van der Waals surface area contributed by atoms with E-state index in [0.717, 1.165) is 44.6 Å². The molecule has 0 bridgehead atoms. The van der Waals surface area contributed by atoms with Crippen molar-refractivity contribution in [2.24, 2.45) is 5.92 Å². The van der Waals surface area contributed by atoms with Crippen LogP contribution in [0.2, 0.25) is 0 Å². The van der Waals surface area contributed by atoms with Gasteiger partial charge in [0.05, 0.1) is 6.10 Å². The van der Waals surface area contributed by atoms with Gasteiger partial charge in [-0.3, -0.25) is 0 Å². The molecule has 1 aliphatic heterocycles. The number of hydrogen-bond donors (Lipinski definition) is 2. The van der Waals surface area contributed by atoms with Crippen LogP contribution in [0.15, 0.2) is 24.3 Å². The van der Waals surface area contributed by atoms with Crippen molar-refractivity contribution >= 4 is 0 Å². The molecular weight excluding hydrogens is 267 g/mol. The molecule has 1 aliphatic rings. The van der Waals surface area contributed by atoms with Gasteiger partial charge in [0, 0.05) is 31.2 Å². The molecule has 1 aromatic rings. The van der Waals surface area contributed by atoms with Crippen molar-refractivity contribution in [3.63, 3.8) is 0 Å². The summed E-state index contributed by atoms with van der Waals surface area (Å²) in [6.45, 7) is 7.71. The third kappa shape index (κ3) is 4.50. The van der Waals surface area contributed by atoms with Gasteiger partial charge in [0.25, 0.3) is 0 Å². The minimum absolute atomic E-state index is 0.0175. The molecule has 3 nitrogen and oxygen atoms in total. The molecule has 0 saturated carbocycles. The molecule has 0 aliphatic carbocycles. The van der Waals surface area contributed by atoms with E-state index in [1.54, 1.807) is 6.07 Å². The first kappa shape index (κ1) is 16.4. The number of nitrogens with one attached hydrogen (secondary N) is 1. The normalized spacial score (nSPS) is 22.4. The second-order valence-electron chi connectivity index (χ2n) is 6.13. The largest absolute Gasteiger partial charge is 0.392 e. The highest BCUT2D eigenvalue weighted by Crippen LogP contribution is 2.26. The highest BCUT2D eigenvalue weighted by Gasteiger charge is 2.27. The zero-order valence-corrected chi connectivity index (χ0v) is 13.1. The van der Waals surface area contributed by atoms with Crippen molar-refractivity contribution < 1.29 is 9.50 Å². The third-order valence-corrected chi connectivity index (χ3v) is 4.22. The van der Waals surface area contributed by atoms with E-state index in [0.29, 0.717) is 5.92 Å². The third-order valence-electron chi connectivity index (χ3n) is 4.22. The SMILES string of the molecule is CCCNC(c1ccccc1F)C(C)CN1CCC(O)C1. The van der Waals surface area contributed by atoms with Gasteiger partial charge in [-0.1, -0.05) is 32.0 Å². The zero-order chi connectivity index (χ0) is 15.2. The fourth-order valence-electron chi connectivity index (χ4n) is 3.14. The molecule has 0 aromatic heterocycles. The second-order valence-corrected chi connectivity index (χ2v) is 6.13. The first-order chi connectivity index (χ1) is 10.1. The fourth-order valence-corrected chi connectivity index (χ4v) is 3.14. The Hall–Kier alpha value is -0.970. The highest BCUT2D eigenvalue weighted by atomic mass is 19.1. The average molecular weight is 294 g/mol. The number of aliphatic hydroxyl groups excluding tert-OH is 1. The molecule has 1 heterocycles. The summed E-state index contributed by atoms with van der Waals surface area (Å²) in [6, 6.07) is 7.05. The molecule has 118 valence electrons. The molecule has 2 rings (SSSR count). The molecule has 4 heteroatoms. The standard InChI is InChI=1S/C17H27FN2O/c1-3-9-19-17(15-6-4-5-7-16(15)18)13(2)11-20-10-8-14(21)12-20/h4-7,13-14,17,19,21H,3,8-12H2,1-2H3. The Morgan fingerprint density at radius 3 is 2.81 bits per heavy atom. The lowest BCUT2D eigenvalue weighted by atomic mass is 9.93. The first-order valence-corrected chi connectivity index (χ1v) is 8.00. The Balaban J connectivity index is 2.06. The van der Waals surface area contributed by atoms with E-state index in [4.69, 9.17) is 0 Å². The molecule has 0 amide bonds. The molecule has 21 heavy (non-hydrogen) atoms. The molecule has 1 saturated heterocycles. The van der Waals surface area contributed by atoms with Crippen LogP contribution in [0.5, 0.6) is 0 Å². The molecule has 2 N–H and O–H groups in total. The van der Waals surface area contributed by atoms with Crippen LogP contribution in [0, 0.1) is 11.7 Å². The van der Waals surface area contributed by atoms with Gasteiger partial charge in [-0.05, 0) is 31.4 Å². The lowest BCUT2D eigenvalue weighted by molar-refractivity contribution is 0.166. The lowest BCUT2D eigenvalue weighted by Crippen LogP contribution is -2.36. The van der Waals surface area contributed by atoms with Crippen LogP contribution in [0.4, 0.5) is 4.39 Å². The summed E-state index contributed by atoms with van der Waals surface area (Å²) in [5.41, 5.74) is 0.748. The highest BCUT2D eigenvalue weighted by molar-refractivity contribution is 5.22. The quantitative estimate of drug-likeness (QED) is 0.811. The summed E-state index contributed by atoms with van der Waals surface area (Å²) in [5.74, 6) is 0.151. The van der Waals surface area contributed by atoms with Crippen LogP contribution in [-0.4, -0.2) is 42.3 Å². The second kappa shape index (κ2) is 7.87. The van der Waals surface area contributed by atoms with Crippen LogP contribution in [0.1, 0.15) is 38.3 Å². The number of rotatable bonds is 7. The number of aliphatic hydroxyl groups is 1. The van der Waals surface area contributed by atoms with Crippen molar-refractivity contribution in [2.75, 3.05) is 26.2 Å². The van der Waals surface area contributed by atoms with Gasteiger partial charge < -0.3 is 15.3 Å². The number of halogens is 1. The van der Waals surface area contributed by atoms with Crippen LogP contribution in [0.3, 0.4) is 0 Å². The van der Waals surface area contributed by atoms with Crippen molar-refractivity contribution in [1.82, 2.24) is 10.2 Å². The molecule has 1 aromatic carbocycles. The van der Waals surface area contributed by atoms with Gasteiger partial charge in [-0.15, -0.1) is 0 Å². The van der Waals surface area contributed by atoms with E-state index < -0.39 is 0 Å². The van der Waals surface area contributed by atoms with Gasteiger partial charge in [0.2, 0.25) is 0 Å². The molecular formula is C17H27FN2O. The monoisotopic (exact) mass is 294 g/mol. The van der Waals surface area contributed by atoms with Crippen LogP contribution < -0.4 is 5.32 Å².